The number of esters is 1. The van der Waals surface area contributed by atoms with Crippen molar-refractivity contribution in [3.63, 3.8) is 0 Å². The summed E-state index contributed by atoms with van der Waals surface area (Å²) in [6.45, 7) is 41.4. The SMILES string of the molecule is C.CC(C)=CCC[C@@H](C)[C@H]1CC[C@@]2(C)C3=C(CC[C@]12C)[C@@]1(C)CC[C@H](O)C(C)(C)C1CC3.CC(C)=CCC[C@@H](C)[C@H]1CC[C@@]2(C)C3=C(CC[C@]12C)[C@@]1(C)CC[C@H](OC(=O)c2ccc(C)cc2)C(C)(C)C1CC3.[B][BH3-]. The number of carbonyl (C=O) groups excluding carboxylic acids is 1. The van der Waals surface area contributed by atoms with Gasteiger partial charge in [0.25, 0.3) is 0 Å². The Morgan fingerprint density at radius 3 is 1.46 bits per heavy atom. The van der Waals surface area contributed by atoms with Crippen LogP contribution in [0.5, 0.6) is 0 Å². The van der Waals surface area contributed by atoms with Crippen molar-refractivity contribution < 1.29 is 14.6 Å². The van der Waals surface area contributed by atoms with E-state index in [4.69, 9.17) is 12.5 Å². The van der Waals surface area contributed by atoms with Crippen molar-refractivity contribution in [2.24, 2.45) is 78.8 Å². The summed E-state index contributed by atoms with van der Waals surface area (Å²) < 4.78 is 6.30. The molecule has 0 aromatic heterocycles. The van der Waals surface area contributed by atoms with E-state index in [0.29, 0.717) is 44.5 Å². The van der Waals surface area contributed by atoms with E-state index in [-0.39, 0.29) is 49.6 Å². The fraction of sp³-hybridized carbons (Fsp3) is 0.783. The van der Waals surface area contributed by atoms with Gasteiger partial charge in [-0.1, -0.05) is 162 Å². The summed E-state index contributed by atoms with van der Waals surface area (Å²) in [6.07, 6.45) is 30.1. The molecular formula is C69H113B2O3-. The molecule has 14 atom stereocenters. The second kappa shape index (κ2) is 22.5. The molecule has 5 heteroatoms. The zero-order valence-corrected chi connectivity index (χ0v) is 49.6. The maximum absolute atomic E-state index is 13.1. The highest BCUT2D eigenvalue weighted by molar-refractivity contribution is 6.75. The van der Waals surface area contributed by atoms with Gasteiger partial charge in [0.15, 0.2) is 0 Å². The van der Waals surface area contributed by atoms with E-state index in [9.17, 15) is 9.90 Å². The van der Waals surface area contributed by atoms with Gasteiger partial charge in [-0.25, -0.2) is 4.79 Å². The lowest BCUT2D eigenvalue weighted by atomic mass is 9.43. The first-order valence-corrected chi connectivity index (χ1v) is 29.8. The van der Waals surface area contributed by atoms with Crippen LogP contribution < -0.4 is 0 Å². The number of aryl methyl sites for hydroxylation is 1. The first kappa shape index (κ1) is 61.0. The fourth-order valence-corrected chi connectivity index (χ4v) is 20.0. The van der Waals surface area contributed by atoms with Crippen molar-refractivity contribution in [1.29, 1.82) is 0 Å². The Bertz CT molecular complexity index is 2270. The highest BCUT2D eigenvalue weighted by Crippen LogP contribution is 2.74. The molecule has 3 nitrogen and oxygen atoms in total. The lowest BCUT2D eigenvalue weighted by molar-refractivity contribution is -0.104. The second-order valence-electron chi connectivity index (χ2n) is 29.4. The predicted octanol–water partition coefficient (Wildman–Crippen LogP) is 18.2. The Kier molecular flexibility index (Phi) is 18.5. The largest absolute Gasteiger partial charge is 0.458 e. The highest BCUT2D eigenvalue weighted by Gasteiger charge is 2.65. The lowest BCUT2D eigenvalue weighted by Gasteiger charge is -2.62. The first-order chi connectivity index (χ1) is 34.1. The standard InChI is InChI=1S/C38H56O2.C30H50O.CH4.B2H3/c1-25(2)11-10-12-27(4)29-19-23-38(9)31-17-18-32-35(5,6)33(40-34(39)28-15-13-26(3)14-16-28)21-22-36(32,7)30(31)20-24-37(29,38)8;1-20(2)10-9-11-21(3)22-14-18-30(8)24-12-13-25-27(4,5)26(31)16-17-28(25,6)23(24)15-19-29(22,30)7;;1-2/h11,13-16,27,29,32-33H,10,12,17-24H2,1-9H3;10,21-22,25-26,31H,9,11-19H2,1-8H3;1H4;1H3/q;;;-1/t27-,29-,32?,33+,36-,37-,38+;21-,22-,25?,26+,28-,29-,30+;;/m11../s1. The fourth-order valence-electron chi connectivity index (χ4n) is 20.0. The molecule has 4 fully saturated rings. The molecule has 414 valence electrons. The second-order valence-corrected chi connectivity index (χ2v) is 29.4. The number of allylic oxidation sites excluding steroid dienone is 8. The van der Waals surface area contributed by atoms with Crippen LogP contribution in [0.25, 0.3) is 0 Å². The van der Waals surface area contributed by atoms with Gasteiger partial charge >= 0.3 is 5.97 Å². The summed E-state index contributed by atoms with van der Waals surface area (Å²) in [5, 5.41) is 10.8. The summed E-state index contributed by atoms with van der Waals surface area (Å²) in [6, 6.07) is 7.83. The minimum atomic E-state index is -0.158. The van der Waals surface area contributed by atoms with Crippen LogP contribution in [0.4, 0.5) is 0 Å². The van der Waals surface area contributed by atoms with Gasteiger partial charge in [-0.05, 0) is 249 Å². The Morgan fingerprint density at radius 2 is 1.03 bits per heavy atom. The van der Waals surface area contributed by atoms with Crippen molar-refractivity contribution in [1.82, 2.24) is 0 Å². The number of hydrogen-bond acceptors (Lipinski definition) is 3. The summed E-state index contributed by atoms with van der Waals surface area (Å²) in [5.41, 5.74) is 14.3. The Balaban J connectivity index is 0.000000237. The zero-order chi connectivity index (χ0) is 53.9. The molecule has 1 aromatic rings. The molecule has 4 saturated carbocycles. The van der Waals surface area contributed by atoms with Gasteiger partial charge in [0, 0.05) is 5.41 Å². The predicted molar refractivity (Wildman–Crippen MR) is 323 cm³/mol. The Hall–Kier alpha value is -2.26. The number of aliphatic hydroxyl groups excluding tert-OH is 1. The molecule has 8 aliphatic rings. The molecule has 0 saturated heterocycles. The molecule has 8 aliphatic carbocycles. The summed E-state index contributed by atoms with van der Waals surface area (Å²) >= 11 is 0. The minimum absolute atomic E-state index is 0. The lowest BCUT2D eigenvalue weighted by Crippen LogP contribution is -2.55. The van der Waals surface area contributed by atoms with Gasteiger partial charge in [-0.3, -0.25) is 0 Å². The average Bonchev–Trinajstić information content (AvgIpc) is 3.78. The Labute approximate surface area is 459 Å². The van der Waals surface area contributed by atoms with Crippen LogP contribution >= 0.6 is 0 Å². The smallest absolute Gasteiger partial charge is 0.338 e. The molecule has 0 heterocycles. The van der Waals surface area contributed by atoms with E-state index < -0.39 is 0 Å². The number of benzene rings is 1. The third-order valence-electron chi connectivity index (χ3n) is 24.8. The van der Waals surface area contributed by atoms with Crippen molar-refractivity contribution >= 4 is 21.4 Å². The van der Waals surface area contributed by atoms with Gasteiger partial charge in [0.2, 0.25) is 0 Å². The number of fused-ring (bicyclic) bond motifs is 8. The maximum atomic E-state index is 13.1. The Morgan fingerprint density at radius 1 is 0.608 bits per heavy atom. The molecule has 9 rings (SSSR count). The van der Waals surface area contributed by atoms with Gasteiger partial charge in [-0.2, -0.15) is 7.74 Å². The molecule has 74 heavy (non-hydrogen) atoms. The average molecular weight is 1010 g/mol. The van der Waals surface area contributed by atoms with Crippen LogP contribution in [-0.4, -0.2) is 38.8 Å². The van der Waals surface area contributed by atoms with Crippen LogP contribution in [0, 0.1) is 85.8 Å². The van der Waals surface area contributed by atoms with Gasteiger partial charge in [-0.15, -0.1) is 0 Å². The number of ether oxygens (including phenoxy) is 1. The third-order valence-corrected chi connectivity index (χ3v) is 24.8. The topological polar surface area (TPSA) is 46.5 Å². The number of aliphatic hydroxyl groups is 1. The number of carbonyl (C=O) groups is 1. The number of rotatable bonds is 10. The normalized spacial score (nSPS) is 39.0. The van der Waals surface area contributed by atoms with Crippen LogP contribution in [0.3, 0.4) is 0 Å². The zero-order valence-electron chi connectivity index (χ0n) is 49.6. The molecule has 0 spiro atoms. The summed E-state index contributed by atoms with van der Waals surface area (Å²) in [4.78, 5) is 13.1. The molecule has 1 N–H and O–H groups in total. The first-order valence-electron chi connectivity index (χ1n) is 29.8. The summed E-state index contributed by atoms with van der Waals surface area (Å²) in [5.74, 6) is 4.33. The van der Waals surface area contributed by atoms with Gasteiger partial charge < -0.3 is 9.84 Å². The highest BCUT2D eigenvalue weighted by atomic mass is 16.5. The monoisotopic (exact) mass is 1010 g/mol. The van der Waals surface area contributed by atoms with Crippen LogP contribution in [0.1, 0.15) is 263 Å². The van der Waals surface area contributed by atoms with E-state index in [2.05, 4.69) is 130 Å². The van der Waals surface area contributed by atoms with Crippen molar-refractivity contribution in [3.05, 3.63) is 81.0 Å². The van der Waals surface area contributed by atoms with Crippen LogP contribution in [-0.2, 0) is 4.74 Å². The van der Waals surface area contributed by atoms with E-state index in [0.717, 1.165) is 42.9 Å². The molecule has 0 amide bonds. The molecular weight excluding hydrogens is 898 g/mol. The molecule has 0 aliphatic heterocycles. The molecule has 2 radical (unpaired) electrons. The van der Waals surface area contributed by atoms with E-state index in [1.807, 2.05) is 46.6 Å². The third kappa shape index (κ3) is 10.2. The van der Waals surface area contributed by atoms with Crippen molar-refractivity contribution in [2.45, 2.75) is 266 Å². The van der Waals surface area contributed by atoms with E-state index >= 15 is 0 Å². The van der Waals surface area contributed by atoms with Crippen LogP contribution in [0.2, 0.25) is 0 Å². The van der Waals surface area contributed by atoms with Crippen LogP contribution in [0.15, 0.2) is 69.9 Å². The van der Waals surface area contributed by atoms with Gasteiger partial charge in [0.1, 0.15) is 6.10 Å². The van der Waals surface area contributed by atoms with Crippen molar-refractivity contribution in [3.8, 4) is 0 Å². The molecule has 1 aromatic carbocycles. The van der Waals surface area contributed by atoms with E-state index in [1.165, 1.54) is 126 Å². The quantitative estimate of drug-likeness (QED) is 0.144. The molecule has 0 bridgehead atoms. The van der Waals surface area contributed by atoms with Gasteiger partial charge in [0.05, 0.1) is 11.7 Å². The maximum Gasteiger partial charge on any atom is 0.338 e. The van der Waals surface area contributed by atoms with E-state index in [1.54, 1.807) is 0 Å². The minimum Gasteiger partial charge on any atom is -0.458 e. The number of hydrogen-bond donors (Lipinski definition) is 1. The van der Waals surface area contributed by atoms with Crippen molar-refractivity contribution in [2.75, 3.05) is 0 Å². The molecule has 2 unspecified atom stereocenters. The summed E-state index contributed by atoms with van der Waals surface area (Å²) in [7, 11) is 5.00.